The molecule has 0 atom stereocenters. The molecule has 0 bridgehead atoms. The number of unbranched alkanes of at least 4 members (excludes halogenated alkanes) is 2. The zero-order valence-electron chi connectivity index (χ0n) is 12.1. The van der Waals surface area contributed by atoms with E-state index < -0.39 is 0 Å². The van der Waals surface area contributed by atoms with Crippen LogP contribution < -0.4 is 15.8 Å². The summed E-state index contributed by atoms with van der Waals surface area (Å²) in [7, 11) is 1.73. The number of anilines is 2. The first-order chi connectivity index (χ1) is 9.13. The van der Waals surface area contributed by atoms with Gasteiger partial charge in [-0.1, -0.05) is 0 Å². The van der Waals surface area contributed by atoms with Crippen LogP contribution in [0.25, 0.3) is 0 Å². The summed E-state index contributed by atoms with van der Waals surface area (Å²) in [5, 5.41) is 3.27. The van der Waals surface area contributed by atoms with Gasteiger partial charge < -0.3 is 20.5 Å². The molecule has 0 amide bonds. The van der Waals surface area contributed by atoms with Crippen LogP contribution >= 0.6 is 0 Å². The van der Waals surface area contributed by atoms with E-state index >= 15 is 0 Å². The summed E-state index contributed by atoms with van der Waals surface area (Å²) in [5.41, 5.74) is 6.39. The molecule has 0 unspecified atom stereocenters. The maximum Gasteiger partial charge on any atom is 0.239 e. The number of nitrogen functional groups attached to an aromatic ring is 1. The molecule has 1 rings (SSSR count). The van der Waals surface area contributed by atoms with Gasteiger partial charge >= 0.3 is 0 Å². The van der Waals surface area contributed by atoms with E-state index in [1.807, 2.05) is 26.0 Å². The Hall–Kier alpha value is -1.49. The molecule has 0 fully saturated rings. The summed E-state index contributed by atoms with van der Waals surface area (Å²) in [6, 6.07) is 3.69. The molecule has 0 aliphatic heterocycles. The number of pyridine rings is 1. The standard InChI is InChI=1S/C14H25N3O2/c1-11(2)19-14-12(15)7-8-13(17-14)16-9-5-4-6-10-18-3/h7-8,11H,4-6,9-10,15H2,1-3H3,(H,16,17). The predicted molar refractivity (Wildman–Crippen MR) is 78.6 cm³/mol. The van der Waals surface area contributed by atoms with Crippen molar-refractivity contribution in [3.05, 3.63) is 12.1 Å². The van der Waals surface area contributed by atoms with Crippen molar-refractivity contribution in [3.63, 3.8) is 0 Å². The molecular formula is C14H25N3O2. The fraction of sp³-hybridized carbons (Fsp3) is 0.643. The zero-order chi connectivity index (χ0) is 14.1. The van der Waals surface area contributed by atoms with E-state index in [-0.39, 0.29) is 6.10 Å². The van der Waals surface area contributed by atoms with Crippen LogP contribution in [-0.2, 0) is 4.74 Å². The highest BCUT2D eigenvalue weighted by Crippen LogP contribution is 2.21. The number of rotatable bonds is 9. The number of hydrogen-bond acceptors (Lipinski definition) is 5. The molecule has 1 aromatic rings. The van der Waals surface area contributed by atoms with Crippen LogP contribution in [0.4, 0.5) is 11.5 Å². The summed E-state index contributed by atoms with van der Waals surface area (Å²) >= 11 is 0. The SMILES string of the molecule is COCCCCCNc1ccc(N)c(OC(C)C)n1. The first-order valence-corrected chi connectivity index (χ1v) is 6.79. The molecule has 1 aromatic heterocycles. The van der Waals surface area contributed by atoms with Crippen molar-refractivity contribution in [1.82, 2.24) is 4.98 Å². The van der Waals surface area contributed by atoms with Gasteiger partial charge in [0.1, 0.15) is 5.82 Å². The Bertz CT molecular complexity index is 370. The van der Waals surface area contributed by atoms with E-state index in [4.69, 9.17) is 15.2 Å². The van der Waals surface area contributed by atoms with Crippen LogP contribution in [0.1, 0.15) is 33.1 Å². The number of hydrogen-bond donors (Lipinski definition) is 2. The lowest BCUT2D eigenvalue weighted by atomic mass is 10.2. The molecule has 1 heterocycles. The third kappa shape index (κ3) is 6.29. The lowest BCUT2D eigenvalue weighted by Crippen LogP contribution is -2.11. The van der Waals surface area contributed by atoms with Crippen molar-refractivity contribution in [1.29, 1.82) is 0 Å². The summed E-state index contributed by atoms with van der Waals surface area (Å²) in [4.78, 5) is 4.36. The maximum absolute atomic E-state index is 5.82. The van der Waals surface area contributed by atoms with Gasteiger partial charge in [0.25, 0.3) is 0 Å². The van der Waals surface area contributed by atoms with E-state index in [9.17, 15) is 0 Å². The molecule has 5 heteroatoms. The molecule has 0 saturated heterocycles. The van der Waals surface area contributed by atoms with Gasteiger partial charge in [0.15, 0.2) is 0 Å². The second-order valence-corrected chi connectivity index (χ2v) is 4.74. The van der Waals surface area contributed by atoms with E-state index in [1.165, 1.54) is 0 Å². The van der Waals surface area contributed by atoms with Crippen LogP contribution in [0.5, 0.6) is 5.88 Å². The van der Waals surface area contributed by atoms with Gasteiger partial charge in [-0.05, 0) is 45.2 Å². The third-order valence-corrected chi connectivity index (χ3v) is 2.57. The minimum atomic E-state index is 0.0686. The molecule has 0 aliphatic carbocycles. The number of nitrogens with zero attached hydrogens (tertiary/aromatic N) is 1. The van der Waals surface area contributed by atoms with Gasteiger partial charge in [0.05, 0.1) is 11.8 Å². The summed E-state index contributed by atoms with van der Waals surface area (Å²) in [6.07, 6.45) is 3.40. The topological polar surface area (TPSA) is 69.4 Å². The number of methoxy groups -OCH3 is 1. The molecule has 108 valence electrons. The minimum absolute atomic E-state index is 0.0686. The molecule has 0 spiro atoms. The average Bonchev–Trinajstić information content (AvgIpc) is 2.37. The van der Waals surface area contributed by atoms with E-state index in [2.05, 4.69) is 10.3 Å². The van der Waals surface area contributed by atoms with Gasteiger partial charge in [-0.15, -0.1) is 0 Å². The molecule has 5 nitrogen and oxygen atoms in total. The molecule has 0 saturated carbocycles. The summed E-state index contributed by atoms with van der Waals surface area (Å²) in [5.74, 6) is 1.30. The fourth-order valence-corrected chi connectivity index (χ4v) is 1.63. The van der Waals surface area contributed by atoms with Crippen LogP contribution in [0.2, 0.25) is 0 Å². The summed E-state index contributed by atoms with van der Waals surface area (Å²) < 4.78 is 10.6. The van der Waals surface area contributed by atoms with Gasteiger partial charge in [0.2, 0.25) is 5.88 Å². The van der Waals surface area contributed by atoms with Crippen molar-refractivity contribution in [2.75, 3.05) is 31.3 Å². The van der Waals surface area contributed by atoms with Crippen LogP contribution in [0.3, 0.4) is 0 Å². The van der Waals surface area contributed by atoms with Crippen LogP contribution in [-0.4, -0.2) is 31.3 Å². The Labute approximate surface area is 115 Å². The highest BCUT2D eigenvalue weighted by atomic mass is 16.5. The Morgan fingerprint density at radius 3 is 2.74 bits per heavy atom. The molecule has 0 aliphatic rings. The molecule has 0 aromatic carbocycles. The zero-order valence-corrected chi connectivity index (χ0v) is 12.1. The molecule has 3 N–H and O–H groups in total. The maximum atomic E-state index is 5.82. The highest BCUT2D eigenvalue weighted by Gasteiger charge is 2.06. The van der Waals surface area contributed by atoms with E-state index in [1.54, 1.807) is 7.11 Å². The Kier molecular flexibility index (Phi) is 7.03. The van der Waals surface area contributed by atoms with Crippen molar-refractivity contribution >= 4 is 11.5 Å². The van der Waals surface area contributed by atoms with Gasteiger partial charge in [-0.3, -0.25) is 0 Å². The number of nitrogens with two attached hydrogens (primary N) is 1. The van der Waals surface area contributed by atoms with Crippen molar-refractivity contribution in [2.45, 2.75) is 39.2 Å². The molecule has 0 radical (unpaired) electrons. The van der Waals surface area contributed by atoms with Crippen molar-refractivity contribution in [3.8, 4) is 5.88 Å². The van der Waals surface area contributed by atoms with Gasteiger partial charge in [0, 0.05) is 20.3 Å². The Morgan fingerprint density at radius 1 is 1.26 bits per heavy atom. The molecule has 19 heavy (non-hydrogen) atoms. The van der Waals surface area contributed by atoms with Crippen LogP contribution in [0.15, 0.2) is 12.1 Å². The summed E-state index contributed by atoms with van der Waals surface area (Å²) in [6.45, 7) is 5.63. The minimum Gasteiger partial charge on any atom is -0.473 e. The lowest BCUT2D eigenvalue weighted by Gasteiger charge is -2.13. The van der Waals surface area contributed by atoms with Crippen molar-refractivity contribution in [2.24, 2.45) is 0 Å². The first-order valence-electron chi connectivity index (χ1n) is 6.79. The fourth-order valence-electron chi connectivity index (χ4n) is 1.63. The number of nitrogens with one attached hydrogen (secondary N) is 1. The highest BCUT2D eigenvalue weighted by molar-refractivity contribution is 5.53. The Morgan fingerprint density at radius 2 is 2.05 bits per heavy atom. The predicted octanol–water partition coefficient (Wildman–Crippen LogP) is 2.68. The molecular weight excluding hydrogens is 242 g/mol. The number of ether oxygens (including phenoxy) is 2. The number of aromatic nitrogens is 1. The van der Waals surface area contributed by atoms with E-state index in [0.717, 1.165) is 38.2 Å². The smallest absolute Gasteiger partial charge is 0.239 e. The lowest BCUT2D eigenvalue weighted by molar-refractivity contribution is 0.192. The van der Waals surface area contributed by atoms with E-state index in [0.29, 0.717) is 11.6 Å². The van der Waals surface area contributed by atoms with Crippen molar-refractivity contribution < 1.29 is 9.47 Å². The Balaban J connectivity index is 2.37. The second kappa shape index (κ2) is 8.58. The normalized spacial score (nSPS) is 10.7. The van der Waals surface area contributed by atoms with Gasteiger partial charge in [-0.2, -0.15) is 4.98 Å². The second-order valence-electron chi connectivity index (χ2n) is 4.74. The average molecular weight is 267 g/mol. The third-order valence-electron chi connectivity index (χ3n) is 2.57. The van der Waals surface area contributed by atoms with Gasteiger partial charge in [-0.25, -0.2) is 0 Å². The largest absolute Gasteiger partial charge is 0.473 e. The monoisotopic (exact) mass is 267 g/mol. The first kappa shape index (κ1) is 15.6. The quantitative estimate of drug-likeness (QED) is 0.673. The van der Waals surface area contributed by atoms with Crippen LogP contribution in [0, 0.1) is 0 Å².